The summed E-state index contributed by atoms with van der Waals surface area (Å²) >= 11 is 0. The van der Waals surface area contributed by atoms with Crippen molar-refractivity contribution in [1.82, 2.24) is 4.90 Å². The van der Waals surface area contributed by atoms with Crippen LogP contribution < -0.4 is 16.0 Å². The monoisotopic (exact) mass is 492 g/mol. The van der Waals surface area contributed by atoms with Crippen LogP contribution in [-0.4, -0.2) is 49.3 Å². The van der Waals surface area contributed by atoms with Gasteiger partial charge in [0.25, 0.3) is 0 Å². The molecule has 0 radical (unpaired) electrons. The molecule has 6 heteroatoms. The van der Waals surface area contributed by atoms with Crippen molar-refractivity contribution < 1.29 is 9.59 Å². The van der Waals surface area contributed by atoms with Crippen LogP contribution in [0.3, 0.4) is 0 Å². The first kappa shape index (κ1) is 23.5. The second kappa shape index (κ2) is 9.87. The number of nitrogens with one attached hydrogen (secondary N) is 1. The number of nitrogens with zero attached hydrogens (tertiary/aromatic N) is 2. The van der Waals surface area contributed by atoms with Gasteiger partial charge < -0.3 is 25.6 Å². The van der Waals surface area contributed by atoms with Crippen molar-refractivity contribution in [3.8, 4) is 0 Å². The fourth-order valence-corrected chi connectivity index (χ4v) is 6.12. The summed E-state index contributed by atoms with van der Waals surface area (Å²) in [6.45, 7) is 4.17. The number of primary amides is 1. The minimum atomic E-state index is -0.459. The van der Waals surface area contributed by atoms with Gasteiger partial charge in [-0.1, -0.05) is 42.5 Å². The average Bonchev–Trinajstić information content (AvgIpc) is 3.28. The van der Waals surface area contributed by atoms with Crippen LogP contribution in [0, 0.1) is 5.92 Å². The smallest absolute Gasteiger partial charge is 0.248 e. The van der Waals surface area contributed by atoms with Crippen LogP contribution in [0.15, 0.2) is 72.8 Å². The molecule has 0 aliphatic carbocycles. The lowest BCUT2D eigenvalue weighted by Gasteiger charge is -2.45. The molecule has 3 fully saturated rings. The number of carbonyl (C=O) groups is 2. The normalized spacial score (nSPS) is 24.1. The van der Waals surface area contributed by atoms with E-state index < -0.39 is 11.9 Å². The van der Waals surface area contributed by atoms with Crippen LogP contribution in [0.2, 0.25) is 0 Å². The lowest BCUT2D eigenvalue weighted by molar-refractivity contribution is -0.109. The third-order valence-corrected chi connectivity index (χ3v) is 8.14. The summed E-state index contributed by atoms with van der Waals surface area (Å²) in [7, 11) is 0. The molecule has 3 aromatic rings. The van der Waals surface area contributed by atoms with Crippen LogP contribution in [0.5, 0.6) is 0 Å². The SMILES string of the molecule is NC(=O)c1ccc2c(c1)/C(=C/c1ccc(N[C@@H]3CN4CCC3CC4)cc1)CN2[C@@H](C=O)c1ccccc1. The van der Waals surface area contributed by atoms with Gasteiger partial charge in [0.15, 0.2) is 0 Å². The number of nitrogens with two attached hydrogens (primary N) is 1. The van der Waals surface area contributed by atoms with Gasteiger partial charge in [-0.05, 0) is 85.0 Å². The van der Waals surface area contributed by atoms with E-state index in [-0.39, 0.29) is 0 Å². The molecule has 4 aliphatic heterocycles. The molecule has 0 spiro atoms. The van der Waals surface area contributed by atoms with Crippen molar-refractivity contribution in [2.75, 3.05) is 36.4 Å². The number of anilines is 2. The predicted molar refractivity (Wildman–Crippen MR) is 148 cm³/mol. The van der Waals surface area contributed by atoms with Gasteiger partial charge in [-0.25, -0.2) is 0 Å². The highest BCUT2D eigenvalue weighted by Crippen LogP contribution is 2.41. The molecule has 4 heterocycles. The zero-order valence-electron chi connectivity index (χ0n) is 20.8. The molecule has 37 heavy (non-hydrogen) atoms. The van der Waals surface area contributed by atoms with E-state index in [9.17, 15) is 9.59 Å². The van der Waals surface area contributed by atoms with Crippen LogP contribution in [0.4, 0.5) is 11.4 Å². The topological polar surface area (TPSA) is 78.7 Å². The lowest BCUT2D eigenvalue weighted by Crippen LogP contribution is -2.53. The first-order valence-electron chi connectivity index (χ1n) is 13.1. The summed E-state index contributed by atoms with van der Waals surface area (Å²) in [6.07, 6.45) is 5.71. The van der Waals surface area contributed by atoms with Gasteiger partial charge in [0.2, 0.25) is 5.91 Å². The summed E-state index contributed by atoms with van der Waals surface area (Å²) in [6, 6.07) is 23.9. The number of aldehydes is 1. The molecule has 3 aromatic carbocycles. The van der Waals surface area contributed by atoms with E-state index in [1.807, 2.05) is 42.5 Å². The molecule has 3 N–H and O–H groups in total. The molecular formula is C31H32N4O2. The summed E-state index contributed by atoms with van der Waals surface area (Å²) in [5.74, 6) is 0.307. The Kier molecular flexibility index (Phi) is 6.26. The zero-order chi connectivity index (χ0) is 25.4. The van der Waals surface area contributed by atoms with Crippen molar-refractivity contribution in [1.29, 1.82) is 0 Å². The Hall–Kier alpha value is -3.90. The number of piperidine rings is 3. The van der Waals surface area contributed by atoms with Gasteiger partial charge in [0, 0.05) is 41.6 Å². The fourth-order valence-electron chi connectivity index (χ4n) is 6.12. The average molecular weight is 493 g/mol. The number of amides is 1. The highest BCUT2D eigenvalue weighted by molar-refractivity contribution is 6.00. The van der Waals surface area contributed by atoms with Gasteiger partial charge in [0.05, 0.1) is 0 Å². The molecule has 0 aromatic heterocycles. The molecule has 188 valence electrons. The highest BCUT2D eigenvalue weighted by atomic mass is 16.1. The number of hydrogen-bond donors (Lipinski definition) is 2. The van der Waals surface area contributed by atoms with Crippen LogP contribution >= 0.6 is 0 Å². The van der Waals surface area contributed by atoms with Crippen LogP contribution in [0.25, 0.3) is 11.6 Å². The Morgan fingerprint density at radius 2 is 1.76 bits per heavy atom. The second-order valence-electron chi connectivity index (χ2n) is 10.4. The number of benzene rings is 3. The van der Waals surface area contributed by atoms with Crippen LogP contribution in [0.1, 0.15) is 45.9 Å². The number of carbonyl (C=O) groups excluding carboxylic acids is 2. The quantitative estimate of drug-likeness (QED) is 0.472. The third-order valence-electron chi connectivity index (χ3n) is 8.14. The Labute approximate surface area is 217 Å². The van der Waals surface area contributed by atoms with E-state index in [1.54, 1.807) is 6.07 Å². The minimum Gasteiger partial charge on any atom is -0.381 e. The van der Waals surface area contributed by atoms with Crippen molar-refractivity contribution in [3.63, 3.8) is 0 Å². The maximum absolute atomic E-state index is 12.2. The standard InChI is InChI=1S/C31H32N4O2/c32-31(37)24-8-11-29-27(17-24)25(18-35(29)30(20-36)23-4-2-1-3-5-23)16-21-6-9-26(10-7-21)33-28-19-34-14-12-22(28)13-15-34/h1-11,16-17,20,22,28,30,33H,12-15,18-19H2,(H2,32,37)/b25-16+/t28-,30+/m1/s1. The summed E-state index contributed by atoms with van der Waals surface area (Å²) in [4.78, 5) is 28.8. The van der Waals surface area contributed by atoms with Crippen molar-refractivity contribution in [2.45, 2.75) is 24.9 Å². The van der Waals surface area contributed by atoms with Crippen molar-refractivity contribution >= 4 is 35.2 Å². The zero-order valence-corrected chi connectivity index (χ0v) is 20.8. The van der Waals surface area contributed by atoms with Gasteiger partial charge in [-0.2, -0.15) is 0 Å². The molecule has 2 atom stereocenters. The minimum absolute atomic E-state index is 0.418. The van der Waals surface area contributed by atoms with Gasteiger partial charge in [-0.3, -0.25) is 4.79 Å². The number of hydrogen-bond acceptors (Lipinski definition) is 5. The van der Waals surface area contributed by atoms with Crippen LogP contribution in [-0.2, 0) is 4.79 Å². The number of fused-ring (bicyclic) bond motifs is 4. The van der Waals surface area contributed by atoms with Crippen molar-refractivity contribution in [3.05, 3.63) is 95.1 Å². The molecule has 7 rings (SSSR count). The Morgan fingerprint density at radius 1 is 1.00 bits per heavy atom. The van der Waals surface area contributed by atoms with E-state index in [2.05, 4.69) is 45.5 Å². The molecular weight excluding hydrogens is 460 g/mol. The lowest BCUT2D eigenvalue weighted by atomic mass is 9.84. The molecule has 4 aliphatic rings. The maximum Gasteiger partial charge on any atom is 0.248 e. The molecule has 0 saturated carbocycles. The Balaban J connectivity index is 1.28. The first-order valence-corrected chi connectivity index (χ1v) is 13.1. The molecule has 3 saturated heterocycles. The summed E-state index contributed by atoms with van der Waals surface area (Å²) in [5, 5.41) is 3.76. The van der Waals surface area contributed by atoms with E-state index >= 15 is 0 Å². The molecule has 1 amide bonds. The molecule has 0 unspecified atom stereocenters. The number of rotatable bonds is 7. The highest BCUT2D eigenvalue weighted by Gasteiger charge is 2.34. The third kappa shape index (κ3) is 4.65. The van der Waals surface area contributed by atoms with E-state index in [1.165, 1.54) is 25.9 Å². The van der Waals surface area contributed by atoms with Gasteiger partial charge in [-0.15, -0.1) is 0 Å². The van der Waals surface area contributed by atoms with Gasteiger partial charge >= 0.3 is 0 Å². The fraction of sp³-hybridized carbons (Fsp3) is 0.290. The van der Waals surface area contributed by atoms with E-state index in [0.29, 0.717) is 18.2 Å². The Morgan fingerprint density at radius 3 is 2.41 bits per heavy atom. The second-order valence-corrected chi connectivity index (χ2v) is 10.4. The predicted octanol–water partition coefficient (Wildman–Crippen LogP) is 4.59. The Bertz CT molecular complexity index is 1330. The molecule has 6 nitrogen and oxygen atoms in total. The van der Waals surface area contributed by atoms with E-state index in [0.717, 1.165) is 52.4 Å². The van der Waals surface area contributed by atoms with E-state index in [4.69, 9.17) is 5.73 Å². The van der Waals surface area contributed by atoms with Gasteiger partial charge in [0.1, 0.15) is 12.3 Å². The largest absolute Gasteiger partial charge is 0.381 e. The maximum atomic E-state index is 12.2. The van der Waals surface area contributed by atoms with Crippen molar-refractivity contribution in [2.24, 2.45) is 11.7 Å². The molecule has 2 bridgehead atoms. The summed E-state index contributed by atoms with van der Waals surface area (Å²) in [5.41, 5.74) is 12.1. The summed E-state index contributed by atoms with van der Waals surface area (Å²) < 4.78 is 0. The first-order chi connectivity index (χ1) is 18.1.